The molecule has 1 unspecified atom stereocenters. The van der Waals surface area contributed by atoms with E-state index in [0.717, 1.165) is 25.9 Å². The molecule has 1 heterocycles. The number of aldehydes is 1. The summed E-state index contributed by atoms with van der Waals surface area (Å²) in [5, 5.41) is 2.88. The number of nitrogens with zero attached hydrogens (tertiary/aromatic N) is 1. The van der Waals surface area contributed by atoms with Crippen molar-refractivity contribution in [2.45, 2.75) is 31.6 Å². The second kappa shape index (κ2) is 6.80. The van der Waals surface area contributed by atoms with Gasteiger partial charge in [0.25, 0.3) is 0 Å². The third-order valence-electron chi connectivity index (χ3n) is 3.35. The van der Waals surface area contributed by atoms with E-state index in [4.69, 9.17) is 11.5 Å². The maximum Gasteiger partial charge on any atom is 0.212 e. The van der Waals surface area contributed by atoms with Crippen LogP contribution in [0, 0.1) is 5.92 Å². The summed E-state index contributed by atoms with van der Waals surface area (Å²) in [6.07, 6.45) is 2.69. The van der Waals surface area contributed by atoms with Gasteiger partial charge in [-0.15, -0.1) is 0 Å². The molecule has 0 radical (unpaired) electrons. The molecule has 1 fully saturated rings. The highest BCUT2D eigenvalue weighted by molar-refractivity contribution is 6.27. The zero-order chi connectivity index (χ0) is 12.8. The highest BCUT2D eigenvalue weighted by Gasteiger charge is 2.26. The monoisotopic (exact) mass is 242 g/mol. The van der Waals surface area contributed by atoms with Gasteiger partial charge >= 0.3 is 0 Å². The van der Waals surface area contributed by atoms with Crippen LogP contribution >= 0.6 is 0 Å². The number of likely N-dealkylation sites (N-methyl/N-ethyl adjacent to an activating group) is 1. The van der Waals surface area contributed by atoms with E-state index >= 15 is 0 Å². The highest BCUT2D eigenvalue weighted by atomic mass is 16.2. The molecule has 0 bridgehead atoms. The zero-order valence-electron chi connectivity index (χ0n) is 10.3. The Balaban J connectivity index is 2.49. The number of ketones is 1. The minimum atomic E-state index is -0.437. The Morgan fingerprint density at radius 1 is 1.59 bits per heavy atom. The molecule has 0 amide bonds. The Morgan fingerprint density at radius 3 is 2.82 bits per heavy atom. The van der Waals surface area contributed by atoms with Crippen LogP contribution in [0.25, 0.3) is 0 Å². The van der Waals surface area contributed by atoms with Gasteiger partial charge in [0.2, 0.25) is 5.78 Å². The molecule has 6 nitrogen and oxygen atoms in total. The molecule has 0 aromatic rings. The molecule has 1 aliphatic heterocycles. The van der Waals surface area contributed by atoms with Crippen LogP contribution in [0.4, 0.5) is 0 Å². The van der Waals surface area contributed by atoms with E-state index in [1.54, 1.807) is 7.05 Å². The first-order valence-electron chi connectivity index (χ1n) is 6.00. The first kappa shape index (κ1) is 14.2. The molecule has 0 aliphatic carbocycles. The fourth-order valence-corrected chi connectivity index (χ4v) is 2.35. The maximum absolute atomic E-state index is 11.3. The normalized spacial score (nSPS) is 23.6. The van der Waals surface area contributed by atoms with Crippen LogP contribution in [0.1, 0.15) is 19.3 Å². The summed E-state index contributed by atoms with van der Waals surface area (Å²) in [4.78, 5) is 23.8. The van der Waals surface area contributed by atoms with E-state index in [9.17, 15) is 9.59 Å². The summed E-state index contributed by atoms with van der Waals surface area (Å²) >= 11 is 0. The van der Waals surface area contributed by atoms with Crippen LogP contribution in [0.2, 0.25) is 0 Å². The molecule has 0 aromatic heterocycles. The lowest BCUT2D eigenvalue weighted by Crippen LogP contribution is -2.53. The van der Waals surface area contributed by atoms with Gasteiger partial charge < -0.3 is 16.8 Å². The third kappa shape index (κ3) is 4.16. The van der Waals surface area contributed by atoms with Crippen LogP contribution < -0.4 is 16.8 Å². The summed E-state index contributed by atoms with van der Waals surface area (Å²) in [7, 11) is 1.70. The lowest BCUT2D eigenvalue weighted by Gasteiger charge is -2.35. The van der Waals surface area contributed by atoms with Crippen molar-refractivity contribution in [1.82, 2.24) is 10.2 Å². The van der Waals surface area contributed by atoms with Gasteiger partial charge in [-0.05, 0) is 32.2 Å². The zero-order valence-corrected chi connectivity index (χ0v) is 10.3. The molecule has 5 N–H and O–H groups in total. The van der Waals surface area contributed by atoms with E-state index in [0.29, 0.717) is 18.6 Å². The van der Waals surface area contributed by atoms with Gasteiger partial charge in [0.1, 0.15) is 6.29 Å². The number of nitrogens with two attached hydrogens (primary N) is 2. The molecule has 0 saturated carbocycles. The minimum Gasteiger partial charge on any atom is -0.310 e. The summed E-state index contributed by atoms with van der Waals surface area (Å²) < 4.78 is 0. The fraction of sp³-hybridized carbons (Fsp3) is 0.818. The molecule has 1 saturated heterocycles. The molecule has 6 heteroatoms. The number of carbonyl (C=O) groups excluding carboxylic acids is 2. The molecule has 0 spiro atoms. The van der Waals surface area contributed by atoms with E-state index in [1.165, 1.54) is 0 Å². The molecule has 2 atom stereocenters. The number of hydrogen-bond acceptors (Lipinski definition) is 6. The van der Waals surface area contributed by atoms with Gasteiger partial charge in [0.15, 0.2) is 6.29 Å². The lowest BCUT2D eigenvalue weighted by molar-refractivity contribution is -0.131. The predicted octanol–water partition coefficient (Wildman–Crippen LogP) is -1.35. The standard InChI is InChI=1S/C11H22N4O2/c1-14-9(10(17)7-16)5-8-3-2-4-15(6-8)11(12)13/h7-9,11,14H,2-6,12-13H2,1H3/t8?,9-/m0/s1. The van der Waals surface area contributed by atoms with Crippen molar-refractivity contribution in [2.75, 3.05) is 20.1 Å². The van der Waals surface area contributed by atoms with E-state index in [-0.39, 0.29) is 11.8 Å². The number of hydrogen-bond donors (Lipinski definition) is 3. The Kier molecular flexibility index (Phi) is 5.70. The highest BCUT2D eigenvalue weighted by Crippen LogP contribution is 2.21. The summed E-state index contributed by atoms with van der Waals surface area (Å²) in [6.45, 7) is 1.70. The first-order chi connectivity index (χ1) is 8.08. The summed E-state index contributed by atoms with van der Waals surface area (Å²) in [5.41, 5.74) is 11.3. The molecule has 98 valence electrons. The average Bonchev–Trinajstić information content (AvgIpc) is 2.35. The van der Waals surface area contributed by atoms with Crippen molar-refractivity contribution < 1.29 is 9.59 Å². The molecular weight excluding hydrogens is 220 g/mol. The molecule has 0 aromatic carbocycles. The predicted molar refractivity (Wildman–Crippen MR) is 65.0 cm³/mol. The van der Waals surface area contributed by atoms with Gasteiger partial charge in [-0.25, -0.2) is 0 Å². The van der Waals surface area contributed by atoms with Gasteiger partial charge in [-0.2, -0.15) is 0 Å². The molecular formula is C11H22N4O2. The lowest BCUT2D eigenvalue weighted by atomic mass is 9.90. The number of carbonyl (C=O) groups is 2. The summed E-state index contributed by atoms with van der Waals surface area (Å²) in [5.74, 6) is -0.0265. The van der Waals surface area contributed by atoms with Crippen LogP contribution in [0.15, 0.2) is 0 Å². The van der Waals surface area contributed by atoms with Crippen molar-refractivity contribution in [3.63, 3.8) is 0 Å². The second-order valence-electron chi connectivity index (χ2n) is 4.59. The number of Topliss-reactive ketones (excluding diaryl/α,β-unsaturated/α-hetero) is 1. The Labute approximate surface area is 102 Å². The van der Waals surface area contributed by atoms with Crippen molar-refractivity contribution in [1.29, 1.82) is 0 Å². The van der Waals surface area contributed by atoms with Crippen molar-refractivity contribution in [2.24, 2.45) is 17.4 Å². The smallest absolute Gasteiger partial charge is 0.212 e. The SMILES string of the molecule is CN[C@@H](CC1CCCN(C(N)N)C1)C(=O)C=O. The Morgan fingerprint density at radius 2 is 2.29 bits per heavy atom. The Hall–Kier alpha value is -0.820. The maximum atomic E-state index is 11.3. The van der Waals surface area contributed by atoms with Crippen molar-refractivity contribution in [3.05, 3.63) is 0 Å². The second-order valence-corrected chi connectivity index (χ2v) is 4.59. The van der Waals surface area contributed by atoms with Gasteiger partial charge in [0, 0.05) is 13.1 Å². The number of rotatable bonds is 6. The molecule has 1 aliphatic rings. The van der Waals surface area contributed by atoms with E-state index < -0.39 is 6.29 Å². The third-order valence-corrected chi connectivity index (χ3v) is 3.35. The van der Waals surface area contributed by atoms with Crippen molar-refractivity contribution in [3.8, 4) is 0 Å². The minimum absolute atomic E-state index is 0.361. The van der Waals surface area contributed by atoms with Gasteiger partial charge in [-0.1, -0.05) is 0 Å². The van der Waals surface area contributed by atoms with Crippen LogP contribution in [0.5, 0.6) is 0 Å². The topological polar surface area (TPSA) is 101 Å². The van der Waals surface area contributed by atoms with Crippen LogP contribution in [-0.4, -0.2) is 49.4 Å². The van der Waals surface area contributed by atoms with Crippen molar-refractivity contribution >= 4 is 12.1 Å². The fourth-order valence-electron chi connectivity index (χ4n) is 2.35. The van der Waals surface area contributed by atoms with E-state index in [1.807, 2.05) is 4.90 Å². The number of likely N-dealkylation sites (tertiary alicyclic amines) is 1. The number of piperidine rings is 1. The number of nitrogens with one attached hydrogen (secondary N) is 1. The molecule has 1 rings (SSSR count). The average molecular weight is 242 g/mol. The largest absolute Gasteiger partial charge is 0.310 e. The summed E-state index contributed by atoms with van der Waals surface area (Å²) in [6, 6.07) is -0.383. The van der Waals surface area contributed by atoms with E-state index in [2.05, 4.69) is 5.32 Å². The molecule has 17 heavy (non-hydrogen) atoms. The first-order valence-corrected chi connectivity index (χ1v) is 6.00. The van der Waals surface area contributed by atoms with Crippen LogP contribution in [0.3, 0.4) is 0 Å². The van der Waals surface area contributed by atoms with Gasteiger partial charge in [-0.3, -0.25) is 14.5 Å². The quantitative estimate of drug-likeness (QED) is 0.302. The van der Waals surface area contributed by atoms with Crippen LogP contribution in [-0.2, 0) is 9.59 Å². The Bertz CT molecular complexity index is 270. The van der Waals surface area contributed by atoms with Gasteiger partial charge in [0.05, 0.1) is 6.04 Å².